The number of hydrogen-bond donors (Lipinski definition) is 0. The summed E-state index contributed by atoms with van der Waals surface area (Å²) in [5.41, 5.74) is 0. The second-order valence-electron chi connectivity index (χ2n) is 8.06. The molecular formula is C22H31ClO2. The van der Waals surface area contributed by atoms with Gasteiger partial charge in [-0.1, -0.05) is 44.2 Å². The summed E-state index contributed by atoms with van der Waals surface area (Å²) in [4.78, 5) is 12.4. The fourth-order valence-electron chi connectivity index (χ4n) is 4.88. The van der Waals surface area contributed by atoms with Gasteiger partial charge in [-0.05, 0) is 80.5 Å². The number of rotatable bonds is 5. The van der Waals surface area contributed by atoms with Gasteiger partial charge in [-0.15, -0.1) is 0 Å². The highest BCUT2D eigenvalue weighted by Gasteiger charge is 2.33. The van der Waals surface area contributed by atoms with Gasteiger partial charge in [0.1, 0.15) is 5.75 Å². The van der Waals surface area contributed by atoms with E-state index >= 15 is 0 Å². The molecule has 1 aromatic carbocycles. The molecule has 0 radical (unpaired) electrons. The Kier molecular flexibility index (Phi) is 6.81. The van der Waals surface area contributed by atoms with E-state index < -0.39 is 0 Å². The smallest absolute Gasteiger partial charge is 0.314 e. The van der Waals surface area contributed by atoms with Crippen LogP contribution in [0.25, 0.3) is 0 Å². The van der Waals surface area contributed by atoms with Gasteiger partial charge in [0.05, 0.1) is 5.92 Å². The normalized spacial score (nSPS) is 30.0. The van der Waals surface area contributed by atoms with Crippen LogP contribution in [-0.2, 0) is 4.79 Å². The van der Waals surface area contributed by atoms with Crippen molar-refractivity contribution in [1.29, 1.82) is 0 Å². The van der Waals surface area contributed by atoms with Crippen molar-refractivity contribution >= 4 is 17.6 Å². The number of carbonyl (C=O) groups excluding carboxylic acids is 1. The Morgan fingerprint density at radius 1 is 0.960 bits per heavy atom. The molecule has 2 saturated carbocycles. The van der Waals surface area contributed by atoms with Gasteiger partial charge >= 0.3 is 5.97 Å². The monoisotopic (exact) mass is 362 g/mol. The Hall–Kier alpha value is -1.02. The van der Waals surface area contributed by atoms with E-state index in [2.05, 4.69) is 6.92 Å². The molecule has 2 nitrogen and oxygen atoms in total. The highest BCUT2D eigenvalue weighted by molar-refractivity contribution is 6.30. The van der Waals surface area contributed by atoms with Crippen LogP contribution in [0.5, 0.6) is 5.75 Å². The van der Waals surface area contributed by atoms with Gasteiger partial charge in [-0.25, -0.2) is 0 Å². The minimum Gasteiger partial charge on any atom is -0.426 e. The molecule has 138 valence electrons. The first-order valence-corrected chi connectivity index (χ1v) is 10.5. The summed E-state index contributed by atoms with van der Waals surface area (Å²) < 4.78 is 5.53. The van der Waals surface area contributed by atoms with Crippen LogP contribution in [0, 0.1) is 23.7 Å². The molecule has 0 unspecified atom stereocenters. The Bertz CT molecular complexity index is 538. The molecule has 2 aliphatic carbocycles. The quantitative estimate of drug-likeness (QED) is 0.432. The molecule has 0 amide bonds. The summed E-state index contributed by atoms with van der Waals surface area (Å²) in [5, 5.41) is 0.661. The van der Waals surface area contributed by atoms with Crippen molar-refractivity contribution in [1.82, 2.24) is 0 Å². The van der Waals surface area contributed by atoms with Gasteiger partial charge in [0, 0.05) is 5.02 Å². The molecule has 3 rings (SSSR count). The molecule has 3 heteroatoms. The number of carbonyl (C=O) groups is 1. The lowest BCUT2D eigenvalue weighted by Gasteiger charge is -2.37. The van der Waals surface area contributed by atoms with E-state index in [-0.39, 0.29) is 11.9 Å². The van der Waals surface area contributed by atoms with Crippen molar-refractivity contribution < 1.29 is 9.53 Å². The zero-order valence-electron chi connectivity index (χ0n) is 15.4. The molecule has 2 fully saturated rings. The van der Waals surface area contributed by atoms with Crippen LogP contribution in [0.15, 0.2) is 24.3 Å². The van der Waals surface area contributed by atoms with Gasteiger partial charge in [-0.2, -0.15) is 0 Å². The van der Waals surface area contributed by atoms with Crippen LogP contribution in [0.3, 0.4) is 0 Å². The third kappa shape index (κ3) is 5.23. The first-order valence-electron chi connectivity index (χ1n) is 10.1. The van der Waals surface area contributed by atoms with Gasteiger partial charge in [0.2, 0.25) is 0 Å². The van der Waals surface area contributed by atoms with Crippen molar-refractivity contribution in [3.8, 4) is 5.75 Å². The van der Waals surface area contributed by atoms with E-state index in [1.54, 1.807) is 24.3 Å². The summed E-state index contributed by atoms with van der Waals surface area (Å²) in [6, 6.07) is 7.05. The highest BCUT2D eigenvalue weighted by atomic mass is 35.5. The molecule has 25 heavy (non-hydrogen) atoms. The third-order valence-corrected chi connectivity index (χ3v) is 6.64. The Balaban J connectivity index is 1.42. The van der Waals surface area contributed by atoms with E-state index in [9.17, 15) is 4.79 Å². The fraction of sp³-hybridized carbons (Fsp3) is 0.682. The molecule has 0 N–H and O–H groups in total. The predicted octanol–water partition coefficient (Wildman–Crippen LogP) is 6.66. The molecule has 0 atom stereocenters. The summed E-state index contributed by atoms with van der Waals surface area (Å²) in [7, 11) is 0. The maximum absolute atomic E-state index is 12.4. The van der Waals surface area contributed by atoms with Gasteiger partial charge < -0.3 is 4.74 Å². The SMILES string of the molecule is CCCC1CCC(C2CCC(C(=O)Oc3ccc(Cl)cc3)CC2)CC1. The Morgan fingerprint density at radius 3 is 2.08 bits per heavy atom. The minimum atomic E-state index is -0.0626. The van der Waals surface area contributed by atoms with Crippen LogP contribution in [0.2, 0.25) is 5.02 Å². The average Bonchev–Trinajstić information content (AvgIpc) is 2.65. The van der Waals surface area contributed by atoms with Crippen molar-refractivity contribution in [2.75, 3.05) is 0 Å². The first-order chi connectivity index (χ1) is 12.2. The first kappa shape index (κ1) is 18.8. The topological polar surface area (TPSA) is 26.3 Å². The summed E-state index contributed by atoms with van der Waals surface area (Å²) >= 11 is 5.87. The molecule has 0 heterocycles. The third-order valence-electron chi connectivity index (χ3n) is 6.39. The molecule has 0 bridgehead atoms. The van der Waals surface area contributed by atoms with Crippen molar-refractivity contribution in [3.63, 3.8) is 0 Å². The van der Waals surface area contributed by atoms with Gasteiger partial charge in [-0.3, -0.25) is 4.79 Å². The van der Waals surface area contributed by atoms with Crippen LogP contribution < -0.4 is 4.74 Å². The molecule has 1 aromatic rings. The maximum atomic E-state index is 12.4. The van der Waals surface area contributed by atoms with Crippen LogP contribution >= 0.6 is 11.6 Å². The fourth-order valence-corrected chi connectivity index (χ4v) is 5.01. The molecule has 0 spiro atoms. The number of hydrogen-bond acceptors (Lipinski definition) is 2. The number of esters is 1. The summed E-state index contributed by atoms with van der Waals surface area (Å²) in [6.45, 7) is 2.30. The van der Waals surface area contributed by atoms with E-state index in [1.165, 1.54) is 51.4 Å². The van der Waals surface area contributed by atoms with E-state index in [0.29, 0.717) is 10.8 Å². The summed E-state index contributed by atoms with van der Waals surface area (Å²) in [6.07, 6.45) is 12.8. The van der Waals surface area contributed by atoms with Crippen molar-refractivity contribution in [3.05, 3.63) is 29.3 Å². The number of ether oxygens (including phenoxy) is 1. The van der Waals surface area contributed by atoms with Crippen molar-refractivity contribution in [2.24, 2.45) is 23.7 Å². The van der Waals surface area contributed by atoms with Crippen LogP contribution in [0.4, 0.5) is 0 Å². The molecule has 0 saturated heterocycles. The van der Waals surface area contributed by atoms with E-state index in [0.717, 1.165) is 30.6 Å². The lowest BCUT2D eigenvalue weighted by atomic mass is 9.69. The Labute approximate surface area is 157 Å². The zero-order valence-corrected chi connectivity index (χ0v) is 16.1. The van der Waals surface area contributed by atoms with Gasteiger partial charge in [0.15, 0.2) is 0 Å². The van der Waals surface area contributed by atoms with Gasteiger partial charge in [0.25, 0.3) is 0 Å². The average molecular weight is 363 g/mol. The molecular weight excluding hydrogens is 332 g/mol. The lowest BCUT2D eigenvalue weighted by molar-refractivity contribution is -0.140. The second-order valence-corrected chi connectivity index (χ2v) is 8.49. The standard InChI is InChI=1S/C22H31ClO2/c1-2-3-16-4-6-17(7-5-16)18-8-10-19(11-9-18)22(24)25-21-14-12-20(23)13-15-21/h12-19H,2-11H2,1H3. The van der Waals surface area contributed by atoms with Crippen molar-refractivity contribution in [2.45, 2.75) is 71.1 Å². The number of halogens is 1. The van der Waals surface area contributed by atoms with Crippen LogP contribution in [0.1, 0.15) is 71.1 Å². The lowest BCUT2D eigenvalue weighted by Crippen LogP contribution is -2.30. The molecule has 2 aliphatic rings. The number of benzene rings is 1. The minimum absolute atomic E-state index is 0.0626. The summed E-state index contributed by atoms with van der Waals surface area (Å²) in [5.74, 6) is 3.33. The largest absolute Gasteiger partial charge is 0.426 e. The second kappa shape index (κ2) is 9.07. The zero-order chi connectivity index (χ0) is 17.6. The Morgan fingerprint density at radius 2 is 1.52 bits per heavy atom. The molecule has 0 aliphatic heterocycles. The van der Waals surface area contributed by atoms with Crippen LogP contribution in [-0.4, -0.2) is 5.97 Å². The predicted molar refractivity (Wildman–Crippen MR) is 103 cm³/mol. The van der Waals surface area contributed by atoms with E-state index in [4.69, 9.17) is 16.3 Å². The molecule has 0 aromatic heterocycles. The maximum Gasteiger partial charge on any atom is 0.314 e. The van der Waals surface area contributed by atoms with E-state index in [1.807, 2.05) is 0 Å². The highest BCUT2D eigenvalue weighted by Crippen LogP contribution is 2.42.